The third kappa shape index (κ3) is 4.49. The molecule has 12 heteroatoms. The molecule has 4 aliphatic carbocycles. The van der Waals surface area contributed by atoms with Crippen molar-refractivity contribution >= 4 is 28.9 Å². The predicted molar refractivity (Wildman–Crippen MR) is 151 cm³/mol. The fourth-order valence-corrected chi connectivity index (χ4v) is 7.26. The molecule has 1 aromatic rings. The number of carbonyl (C=O) groups excluding carboxylic acids is 3. The molecular weight excluding hydrogens is 532 g/mol. The minimum atomic E-state index is -2.65. The Balaban J connectivity index is 0.00000198. The number of phenolic OH excluding ortho intramolecular Hbond substituents is 1. The number of nitrogens with one attached hydrogen (secondary N) is 1. The molecular formula is C29H40N4O8. The van der Waals surface area contributed by atoms with E-state index < -0.39 is 58.0 Å². The Labute approximate surface area is 239 Å². The molecule has 0 spiro atoms. The number of phenols is 1. The highest BCUT2D eigenvalue weighted by Crippen LogP contribution is 2.54. The first kappa shape index (κ1) is 29.1. The number of aliphatic hydroxyl groups is 3. The van der Waals surface area contributed by atoms with Gasteiger partial charge >= 0.3 is 0 Å². The second-order valence-electron chi connectivity index (χ2n) is 12.0. The lowest BCUT2D eigenvalue weighted by Gasteiger charge is -2.50. The van der Waals surface area contributed by atoms with Crippen molar-refractivity contribution in [2.45, 2.75) is 62.8 Å². The molecule has 0 heterocycles. The monoisotopic (exact) mass is 573 g/mol. The number of benzene rings is 1. The van der Waals surface area contributed by atoms with Gasteiger partial charge < -0.3 is 41.9 Å². The average molecular weight is 574 g/mol. The molecule has 1 amide bonds. The Morgan fingerprint density at radius 1 is 1.17 bits per heavy atom. The fraction of sp³-hybridized carbons (Fsp3) is 0.552. The fourth-order valence-electron chi connectivity index (χ4n) is 7.26. The Morgan fingerprint density at radius 2 is 1.80 bits per heavy atom. The molecule has 12 nitrogen and oxygen atoms in total. The van der Waals surface area contributed by atoms with Crippen molar-refractivity contribution in [2.24, 2.45) is 17.6 Å². The number of amides is 1. The van der Waals surface area contributed by atoms with Gasteiger partial charge in [-0.15, -0.1) is 0 Å². The highest BCUT2D eigenvalue weighted by molar-refractivity contribution is 6.24. The number of carbonyl (C=O) groups is 3. The summed E-state index contributed by atoms with van der Waals surface area (Å²) in [4.78, 5) is 42.8. The number of Topliss-reactive ketones (excluding diaryl/α,β-unsaturated/α-hetero) is 2. The van der Waals surface area contributed by atoms with Crippen molar-refractivity contribution < 1.29 is 41.7 Å². The van der Waals surface area contributed by atoms with Crippen LogP contribution in [0.1, 0.15) is 50.2 Å². The molecule has 0 saturated heterocycles. The third-order valence-electron chi connectivity index (χ3n) is 9.19. The molecule has 1 aromatic carbocycles. The number of rotatable bonds is 6. The normalized spacial score (nSPS) is 28.1. The highest BCUT2D eigenvalue weighted by atomic mass is 16.3. The molecule has 4 atom stereocenters. The summed E-state index contributed by atoms with van der Waals surface area (Å²) in [6.07, 6.45) is 4.72. The van der Waals surface area contributed by atoms with Crippen LogP contribution >= 0.6 is 0 Å². The molecule has 224 valence electrons. The van der Waals surface area contributed by atoms with Crippen LogP contribution in [-0.2, 0) is 27.3 Å². The van der Waals surface area contributed by atoms with Gasteiger partial charge in [-0.3, -0.25) is 19.3 Å². The zero-order chi connectivity index (χ0) is 31.3. The number of aromatic hydroxyl groups is 1. The summed E-state index contributed by atoms with van der Waals surface area (Å²) >= 11 is 0. The first-order chi connectivity index (χ1) is 19.8. The smallest absolute Gasteiger partial charge is 0.255 e. The van der Waals surface area contributed by atoms with Gasteiger partial charge in [-0.1, -0.05) is 12.8 Å². The van der Waals surface area contributed by atoms with E-state index in [1.807, 2.05) is 25.1 Å². The van der Waals surface area contributed by atoms with Crippen LogP contribution in [0.25, 0.3) is 5.76 Å². The number of fused-ring (bicyclic) bond motifs is 3. The maximum Gasteiger partial charge on any atom is 0.255 e. The maximum absolute atomic E-state index is 14.1. The van der Waals surface area contributed by atoms with Crippen LogP contribution in [0.4, 0.5) is 5.69 Å². The van der Waals surface area contributed by atoms with Crippen molar-refractivity contribution in [2.75, 3.05) is 33.1 Å². The molecule has 0 aromatic heterocycles. The van der Waals surface area contributed by atoms with Crippen LogP contribution in [0.2, 0.25) is 0 Å². The summed E-state index contributed by atoms with van der Waals surface area (Å²) in [6, 6.07) is 1.12. The third-order valence-corrected chi connectivity index (χ3v) is 9.19. The van der Waals surface area contributed by atoms with Gasteiger partial charge in [0.25, 0.3) is 5.91 Å². The van der Waals surface area contributed by atoms with Gasteiger partial charge in [-0.25, -0.2) is 0 Å². The predicted octanol–water partition coefficient (Wildman–Crippen LogP) is 0.238. The molecule has 0 radical (unpaired) electrons. The van der Waals surface area contributed by atoms with Crippen LogP contribution in [0.5, 0.6) is 5.75 Å². The van der Waals surface area contributed by atoms with Crippen LogP contribution in [0.15, 0.2) is 23.0 Å². The van der Waals surface area contributed by atoms with Gasteiger partial charge in [0, 0.05) is 49.4 Å². The van der Waals surface area contributed by atoms with Crippen LogP contribution in [-0.4, -0.2) is 94.2 Å². The van der Waals surface area contributed by atoms with Gasteiger partial charge in [-0.05, 0) is 57.3 Å². The number of ketones is 2. The number of likely N-dealkylation sites (N-methyl/N-ethyl adjacent to an activating group) is 1. The highest BCUT2D eigenvalue weighted by Gasteiger charge is 2.64. The van der Waals surface area contributed by atoms with Gasteiger partial charge in [0.15, 0.2) is 11.4 Å². The lowest BCUT2D eigenvalue weighted by molar-refractivity contribution is -0.153. The second kappa shape index (κ2) is 10.8. The Morgan fingerprint density at radius 3 is 2.37 bits per heavy atom. The van der Waals surface area contributed by atoms with Crippen molar-refractivity contribution in [1.82, 2.24) is 10.2 Å². The molecule has 41 heavy (non-hydrogen) atoms. The topological polar surface area (TPSA) is 208 Å². The van der Waals surface area contributed by atoms with Gasteiger partial charge in [0.1, 0.15) is 22.8 Å². The zero-order valence-corrected chi connectivity index (χ0v) is 23.8. The summed E-state index contributed by atoms with van der Waals surface area (Å²) in [5.41, 5.74) is 10.1. The van der Waals surface area contributed by atoms with E-state index in [1.165, 1.54) is 4.90 Å². The quantitative estimate of drug-likeness (QED) is 0.255. The Hall–Kier alpha value is -3.45. The van der Waals surface area contributed by atoms with Gasteiger partial charge in [0.2, 0.25) is 7.21 Å². The number of hydrogen-bond donors (Lipinski definition) is 6. The molecule has 0 bridgehead atoms. The minimum absolute atomic E-state index is 0.0599. The Bertz CT molecular complexity index is 1370. The summed E-state index contributed by atoms with van der Waals surface area (Å²) < 4.78 is 4.75. The van der Waals surface area contributed by atoms with Crippen molar-refractivity contribution in [3.05, 3.63) is 39.7 Å². The lowest BCUT2D eigenvalue weighted by atomic mass is 9.57. The maximum atomic E-state index is 14.1. The number of aliphatic hydroxyl groups excluding tert-OH is 2. The van der Waals surface area contributed by atoms with Crippen molar-refractivity contribution in [3.8, 4) is 5.75 Å². The molecule has 1 unspecified atom stereocenters. The summed E-state index contributed by atoms with van der Waals surface area (Å²) in [6.45, 7) is 0.370. The van der Waals surface area contributed by atoms with Crippen molar-refractivity contribution in [1.29, 1.82) is 0 Å². The zero-order valence-electron chi connectivity index (χ0n) is 24.8. The number of nitrogens with zero attached hydrogens (tertiary/aromatic N) is 2. The second-order valence-corrected chi connectivity index (χ2v) is 12.0. The van der Waals surface area contributed by atoms with E-state index in [4.69, 9.17) is 12.6 Å². The van der Waals surface area contributed by atoms with E-state index in [1.54, 1.807) is 14.1 Å². The molecule has 5 rings (SSSR count). The minimum Gasteiger partial charge on any atom is -0.508 e. The molecule has 0 aliphatic heterocycles. The standard InChI is InChI=1S/C29H38N4O7.H2O/c1-32(2)18-11-14(12-31-15-7-5-6-8-15)23(34)20-16(18)9-13-10-17-22(33(3)4)25(36)21(28(30)39)27(38)29(17,40)26(37)19(13)24(20)35;/h11,13,15,17,22,31,34-35,38,40H,5-10,12H2,1-4H3,(H2,30,39);1H2/t13-,17-,22?,29-;/m0./s1/i/hD. The van der Waals surface area contributed by atoms with Gasteiger partial charge in [0.05, 0.1) is 11.6 Å². The number of primary amides is 1. The van der Waals surface area contributed by atoms with Gasteiger partial charge in [-0.2, -0.15) is 0 Å². The largest absolute Gasteiger partial charge is 0.508 e. The van der Waals surface area contributed by atoms with E-state index in [0.29, 0.717) is 23.7 Å². The summed E-state index contributed by atoms with van der Waals surface area (Å²) in [5, 5.41) is 49.2. The number of anilines is 1. The summed E-state index contributed by atoms with van der Waals surface area (Å²) in [7, 11) is 6.88. The van der Waals surface area contributed by atoms with Crippen molar-refractivity contribution in [3.63, 3.8) is 0 Å². The first-order valence-electron chi connectivity index (χ1n) is 14.2. The van der Waals surface area contributed by atoms with E-state index in [2.05, 4.69) is 5.32 Å². The molecule has 2 fully saturated rings. The lowest BCUT2D eigenvalue weighted by Crippen LogP contribution is -2.65. The SMILES string of the molecule is CN(C)c1cc(CNC2CCCC2)c(O)c2c1C[C@H]1C[C@H]3C(N(C)C)C(=O)C(C(N)=O)=C(O)[C@@]3(O)C(=O)C1=C2O.[2H]O. The summed E-state index contributed by atoms with van der Waals surface area (Å²) in [5.74, 6) is -6.45. The number of nitrogens with two attached hydrogens (primary N) is 1. The van der Waals surface area contributed by atoms with E-state index in [-0.39, 0.29) is 29.7 Å². The first-order valence-corrected chi connectivity index (χ1v) is 13.7. The molecule has 4 aliphatic rings. The molecule has 2 saturated carbocycles. The van der Waals surface area contributed by atoms with E-state index >= 15 is 0 Å². The van der Waals surface area contributed by atoms with Crippen LogP contribution < -0.4 is 16.0 Å². The molecule has 9 N–H and O–H groups in total. The van der Waals surface area contributed by atoms with E-state index in [9.17, 15) is 34.8 Å². The van der Waals surface area contributed by atoms with Crippen LogP contribution in [0, 0.1) is 11.8 Å². The van der Waals surface area contributed by atoms with E-state index in [0.717, 1.165) is 31.4 Å². The van der Waals surface area contributed by atoms with Crippen LogP contribution in [0.3, 0.4) is 0 Å². The Kier molecular flexibility index (Phi) is 7.62. The number of hydrogen-bond acceptors (Lipinski definition) is 10. The average Bonchev–Trinajstić information content (AvgIpc) is 3.44.